The molecule has 1 aliphatic rings. The highest BCUT2D eigenvalue weighted by molar-refractivity contribution is 8.01. The number of para-hydroxylation sites is 1. The highest BCUT2D eigenvalue weighted by Gasteiger charge is 2.24. The minimum absolute atomic E-state index is 0.0558. The van der Waals surface area contributed by atoms with Crippen LogP contribution in [0.2, 0.25) is 0 Å². The van der Waals surface area contributed by atoms with Crippen molar-refractivity contribution in [3.8, 4) is 11.5 Å². The number of anilines is 2. The first kappa shape index (κ1) is 19.1. The Morgan fingerprint density at radius 2 is 2.04 bits per heavy atom. The van der Waals surface area contributed by atoms with Crippen LogP contribution in [0.5, 0.6) is 11.5 Å². The molecule has 2 N–H and O–H groups in total. The third-order valence-electron chi connectivity index (χ3n) is 4.34. The van der Waals surface area contributed by atoms with Gasteiger partial charge in [-0.2, -0.15) is 0 Å². The van der Waals surface area contributed by atoms with E-state index in [0.717, 1.165) is 17.7 Å². The summed E-state index contributed by atoms with van der Waals surface area (Å²) in [6, 6.07) is 13.0. The van der Waals surface area contributed by atoms with Gasteiger partial charge in [-0.05, 0) is 36.6 Å². The number of carbonyl (C=O) groups excluding carboxylic acids is 2. The number of thioether (sulfide) groups is 1. The van der Waals surface area contributed by atoms with Crippen molar-refractivity contribution in [1.82, 2.24) is 0 Å². The summed E-state index contributed by atoms with van der Waals surface area (Å²) in [5, 5.41) is 5.52. The van der Waals surface area contributed by atoms with Gasteiger partial charge in [0.25, 0.3) is 0 Å². The summed E-state index contributed by atoms with van der Waals surface area (Å²) < 4.78 is 10.4. The number of aryl methyl sites for hydroxylation is 1. The molecular formula is C20H22N2O4S. The third-order valence-corrected chi connectivity index (χ3v) is 5.62. The fourth-order valence-corrected chi connectivity index (χ4v) is 3.83. The van der Waals surface area contributed by atoms with Gasteiger partial charge < -0.3 is 20.1 Å². The van der Waals surface area contributed by atoms with Crippen molar-refractivity contribution in [3.05, 3.63) is 48.0 Å². The van der Waals surface area contributed by atoms with Crippen LogP contribution < -0.4 is 20.1 Å². The maximum Gasteiger partial charge on any atom is 0.237 e. The number of hydrogen-bond acceptors (Lipinski definition) is 5. The average molecular weight is 386 g/mol. The molecule has 3 rings (SSSR count). The van der Waals surface area contributed by atoms with Gasteiger partial charge in [0, 0.05) is 11.8 Å². The molecule has 0 saturated carbocycles. The molecule has 2 aromatic carbocycles. The molecular weight excluding hydrogens is 364 g/mol. The molecule has 2 aromatic rings. The lowest BCUT2D eigenvalue weighted by atomic mass is 10.1. The summed E-state index contributed by atoms with van der Waals surface area (Å²) in [7, 11) is 3.10. The lowest BCUT2D eigenvalue weighted by Gasteiger charge is -2.14. The molecule has 6 nitrogen and oxygen atoms in total. The van der Waals surface area contributed by atoms with E-state index in [9.17, 15) is 9.59 Å². The third kappa shape index (κ3) is 4.74. The van der Waals surface area contributed by atoms with Crippen molar-refractivity contribution in [2.45, 2.75) is 18.1 Å². The normalized spacial score (nSPS) is 15.9. The molecule has 7 heteroatoms. The van der Waals surface area contributed by atoms with Crippen LogP contribution in [0.3, 0.4) is 0 Å². The van der Waals surface area contributed by atoms with Gasteiger partial charge in [-0.15, -0.1) is 11.8 Å². The fraction of sp³-hybridized carbons (Fsp3) is 0.300. The second kappa shape index (κ2) is 8.81. The van der Waals surface area contributed by atoms with Crippen LogP contribution in [0.1, 0.15) is 12.0 Å². The molecule has 1 heterocycles. The van der Waals surface area contributed by atoms with Crippen LogP contribution in [-0.2, 0) is 16.0 Å². The Bertz CT molecular complexity index is 840. The fourth-order valence-electron chi connectivity index (χ4n) is 2.91. The maximum atomic E-state index is 12.4. The Kier molecular flexibility index (Phi) is 6.24. The maximum absolute atomic E-state index is 12.4. The monoisotopic (exact) mass is 386 g/mol. The summed E-state index contributed by atoms with van der Waals surface area (Å²) in [5.74, 6) is 1.12. The number of fused-ring (bicyclic) bond motifs is 1. The van der Waals surface area contributed by atoms with E-state index >= 15 is 0 Å². The first-order chi connectivity index (χ1) is 13.1. The number of methoxy groups -OCH3 is 2. The summed E-state index contributed by atoms with van der Waals surface area (Å²) in [6.07, 6.45) is 1.51. The zero-order valence-corrected chi connectivity index (χ0v) is 16.1. The van der Waals surface area contributed by atoms with Crippen LogP contribution in [-0.4, -0.2) is 37.0 Å². The Hall–Kier alpha value is -2.67. The first-order valence-corrected chi connectivity index (χ1v) is 9.68. The van der Waals surface area contributed by atoms with E-state index in [4.69, 9.17) is 9.47 Å². The zero-order chi connectivity index (χ0) is 19.2. The molecule has 0 fully saturated rings. The van der Waals surface area contributed by atoms with Crippen molar-refractivity contribution in [2.24, 2.45) is 0 Å². The van der Waals surface area contributed by atoms with E-state index in [1.807, 2.05) is 24.3 Å². The number of ether oxygens (including phenoxy) is 2. The second-order valence-electron chi connectivity index (χ2n) is 6.10. The predicted octanol–water partition coefficient (Wildman–Crippen LogP) is 3.33. The SMILES string of the molecule is COc1ccc(NC(=O)CS[C@H]2CCc3ccccc3NC2=O)c(OC)c1. The van der Waals surface area contributed by atoms with E-state index in [0.29, 0.717) is 23.6 Å². The van der Waals surface area contributed by atoms with E-state index in [1.165, 1.54) is 18.9 Å². The number of benzene rings is 2. The van der Waals surface area contributed by atoms with Crippen molar-refractivity contribution in [2.75, 3.05) is 30.6 Å². The van der Waals surface area contributed by atoms with Gasteiger partial charge in [0.1, 0.15) is 11.5 Å². The van der Waals surface area contributed by atoms with Crippen LogP contribution in [0.15, 0.2) is 42.5 Å². The van der Waals surface area contributed by atoms with Crippen molar-refractivity contribution < 1.29 is 19.1 Å². The predicted molar refractivity (Wildman–Crippen MR) is 108 cm³/mol. The number of amides is 2. The molecule has 0 spiro atoms. The van der Waals surface area contributed by atoms with E-state index in [2.05, 4.69) is 10.6 Å². The van der Waals surface area contributed by atoms with E-state index in [1.54, 1.807) is 25.3 Å². The minimum atomic E-state index is -0.263. The Morgan fingerprint density at radius 1 is 1.22 bits per heavy atom. The Morgan fingerprint density at radius 3 is 2.81 bits per heavy atom. The molecule has 0 radical (unpaired) electrons. The largest absolute Gasteiger partial charge is 0.497 e. The van der Waals surface area contributed by atoms with Crippen LogP contribution >= 0.6 is 11.8 Å². The van der Waals surface area contributed by atoms with Gasteiger partial charge in [0.05, 0.1) is 30.9 Å². The van der Waals surface area contributed by atoms with Gasteiger partial charge in [0.2, 0.25) is 11.8 Å². The molecule has 0 bridgehead atoms. The van der Waals surface area contributed by atoms with Gasteiger partial charge >= 0.3 is 0 Å². The highest BCUT2D eigenvalue weighted by atomic mass is 32.2. The molecule has 1 atom stereocenters. The van der Waals surface area contributed by atoms with Crippen LogP contribution in [0.25, 0.3) is 0 Å². The second-order valence-corrected chi connectivity index (χ2v) is 7.29. The van der Waals surface area contributed by atoms with Gasteiger partial charge in [0.15, 0.2) is 0 Å². The number of rotatable bonds is 6. The molecule has 2 amide bonds. The summed E-state index contributed by atoms with van der Waals surface area (Å²) in [4.78, 5) is 24.8. The minimum Gasteiger partial charge on any atom is -0.497 e. The summed E-state index contributed by atoms with van der Waals surface area (Å²) in [5.41, 5.74) is 2.56. The molecule has 0 aliphatic carbocycles. The van der Waals surface area contributed by atoms with Crippen molar-refractivity contribution >= 4 is 35.0 Å². The molecule has 0 aromatic heterocycles. The summed E-state index contributed by atoms with van der Waals surface area (Å²) >= 11 is 1.35. The van der Waals surface area contributed by atoms with E-state index in [-0.39, 0.29) is 22.8 Å². The lowest BCUT2D eigenvalue weighted by Crippen LogP contribution is -2.26. The highest BCUT2D eigenvalue weighted by Crippen LogP contribution is 2.30. The van der Waals surface area contributed by atoms with Crippen LogP contribution in [0.4, 0.5) is 11.4 Å². The zero-order valence-electron chi connectivity index (χ0n) is 15.3. The number of hydrogen-bond donors (Lipinski definition) is 2. The number of nitrogens with one attached hydrogen (secondary N) is 2. The van der Waals surface area contributed by atoms with Crippen LogP contribution in [0, 0.1) is 0 Å². The van der Waals surface area contributed by atoms with Crippen molar-refractivity contribution in [1.29, 1.82) is 0 Å². The van der Waals surface area contributed by atoms with Gasteiger partial charge in [-0.3, -0.25) is 9.59 Å². The standard InChI is InChI=1S/C20H22N2O4S/c1-25-14-8-9-16(17(11-14)26-2)21-19(23)12-27-18-10-7-13-5-3-4-6-15(13)22-20(18)24/h3-6,8-9,11,18H,7,10,12H2,1-2H3,(H,21,23)(H,22,24)/t18-/m0/s1. The van der Waals surface area contributed by atoms with E-state index < -0.39 is 0 Å². The Balaban J connectivity index is 1.57. The molecule has 1 aliphatic heterocycles. The molecule has 142 valence electrons. The molecule has 0 unspecified atom stereocenters. The van der Waals surface area contributed by atoms with Crippen molar-refractivity contribution in [3.63, 3.8) is 0 Å². The molecule has 0 saturated heterocycles. The first-order valence-electron chi connectivity index (χ1n) is 8.63. The lowest BCUT2D eigenvalue weighted by molar-refractivity contribution is -0.115. The summed E-state index contributed by atoms with van der Waals surface area (Å²) in [6.45, 7) is 0. The topological polar surface area (TPSA) is 76.7 Å². The van der Waals surface area contributed by atoms with Gasteiger partial charge in [-0.25, -0.2) is 0 Å². The smallest absolute Gasteiger partial charge is 0.237 e. The average Bonchev–Trinajstić information content (AvgIpc) is 2.84. The molecule has 27 heavy (non-hydrogen) atoms. The number of carbonyl (C=O) groups is 2. The Labute approximate surface area is 162 Å². The van der Waals surface area contributed by atoms with Gasteiger partial charge in [-0.1, -0.05) is 18.2 Å². The quantitative estimate of drug-likeness (QED) is 0.796.